The van der Waals surface area contributed by atoms with E-state index in [9.17, 15) is 21.6 Å². The van der Waals surface area contributed by atoms with Gasteiger partial charge in [0.15, 0.2) is 0 Å². The Morgan fingerprint density at radius 2 is 1.63 bits per heavy atom. The zero-order valence-electron chi connectivity index (χ0n) is 11.2. The van der Waals surface area contributed by atoms with Crippen molar-refractivity contribution in [3.05, 3.63) is 29.8 Å². The van der Waals surface area contributed by atoms with Crippen molar-refractivity contribution in [2.45, 2.75) is 33.2 Å². The van der Waals surface area contributed by atoms with Crippen LogP contribution in [0.1, 0.15) is 26.3 Å². The second-order valence-corrected chi connectivity index (χ2v) is 6.33. The Hall–Kier alpha value is -1.24. The average molecular weight is 297 g/mol. The number of halogens is 3. The highest BCUT2D eigenvalue weighted by molar-refractivity contribution is 7.93. The minimum absolute atomic E-state index is 0.104. The molecule has 0 saturated carbocycles. The first-order valence-corrected chi connectivity index (χ1v) is 7.10. The summed E-state index contributed by atoms with van der Waals surface area (Å²) < 4.78 is 58.7. The van der Waals surface area contributed by atoms with Crippen LogP contribution in [0.2, 0.25) is 0 Å². The number of nitrogens with one attached hydrogen (secondary N) is 1. The van der Waals surface area contributed by atoms with Crippen molar-refractivity contribution < 1.29 is 21.6 Å². The van der Waals surface area contributed by atoms with Crippen LogP contribution in [0.25, 0.3) is 0 Å². The molecule has 0 spiro atoms. The molecule has 7 heteroatoms. The van der Waals surface area contributed by atoms with Gasteiger partial charge in [-0.2, -0.15) is 21.6 Å². The molecular weight excluding hydrogens is 279 g/mol. The van der Waals surface area contributed by atoms with Gasteiger partial charge in [0.2, 0.25) is 0 Å². The molecule has 0 heterocycles. The number of benzene rings is 1. The van der Waals surface area contributed by atoms with Gasteiger partial charge in [-0.1, -0.05) is 32.9 Å². The number of hydrogen-bond donors (Lipinski definition) is 1. The standard InChI is InChI=1S/C8H8F3NO2S.C4H10/c1-6-3-2-4-7(5-6)12-15(13,14)8(9,10)11;1-4(2)3/h2-5,12H,1H3;4H,1-3H3. The molecule has 0 amide bonds. The van der Waals surface area contributed by atoms with E-state index in [-0.39, 0.29) is 5.69 Å². The van der Waals surface area contributed by atoms with Gasteiger partial charge >= 0.3 is 15.5 Å². The molecule has 0 fully saturated rings. The highest BCUT2D eigenvalue weighted by atomic mass is 32.2. The number of aryl methyl sites for hydroxylation is 1. The molecule has 110 valence electrons. The van der Waals surface area contributed by atoms with E-state index in [0.29, 0.717) is 5.56 Å². The highest BCUT2D eigenvalue weighted by Crippen LogP contribution is 2.25. The molecule has 0 aromatic heterocycles. The Kier molecular flexibility index (Phi) is 6.35. The first kappa shape index (κ1) is 17.8. The third-order valence-corrected chi connectivity index (χ3v) is 2.69. The summed E-state index contributed by atoms with van der Waals surface area (Å²) >= 11 is 0. The van der Waals surface area contributed by atoms with Gasteiger partial charge in [0.05, 0.1) is 0 Å². The lowest BCUT2D eigenvalue weighted by atomic mass is 10.2. The Morgan fingerprint density at radius 1 is 1.16 bits per heavy atom. The van der Waals surface area contributed by atoms with Crippen molar-refractivity contribution in [3.8, 4) is 0 Å². The van der Waals surface area contributed by atoms with Crippen LogP contribution in [0, 0.1) is 12.8 Å². The minimum Gasteiger partial charge on any atom is -0.276 e. The molecular formula is C12H18F3NO2S. The maximum absolute atomic E-state index is 12.0. The fourth-order valence-corrected chi connectivity index (χ4v) is 1.47. The average Bonchev–Trinajstić information content (AvgIpc) is 2.13. The summed E-state index contributed by atoms with van der Waals surface area (Å²) in [5.41, 5.74) is -4.73. The van der Waals surface area contributed by atoms with Gasteiger partial charge < -0.3 is 0 Å². The topological polar surface area (TPSA) is 46.2 Å². The molecule has 1 rings (SSSR count). The maximum Gasteiger partial charge on any atom is 0.516 e. The van der Waals surface area contributed by atoms with Crippen LogP contribution in [0.15, 0.2) is 24.3 Å². The first-order valence-electron chi connectivity index (χ1n) is 5.61. The van der Waals surface area contributed by atoms with Crippen LogP contribution >= 0.6 is 0 Å². The molecule has 0 bridgehead atoms. The van der Waals surface area contributed by atoms with E-state index in [1.54, 1.807) is 13.0 Å². The van der Waals surface area contributed by atoms with Gasteiger partial charge in [-0.05, 0) is 30.5 Å². The summed E-state index contributed by atoms with van der Waals surface area (Å²) in [6.45, 7) is 8.14. The molecule has 1 N–H and O–H groups in total. The fraction of sp³-hybridized carbons (Fsp3) is 0.500. The van der Waals surface area contributed by atoms with Crippen molar-refractivity contribution in [1.82, 2.24) is 0 Å². The molecule has 1 aromatic carbocycles. The molecule has 0 radical (unpaired) electrons. The van der Waals surface area contributed by atoms with Gasteiger partial charge in [-0.3, -0.25) is 4.72 Å². The summed E-state index contributed by atoms with van der Waals surface area (Å²) in [5.74, 6) is 0.833. The molecule has 0 saturated heterocycles. The van der Waals surface area contributed by atoms with Crippen LogP contribution in [-0.4, -0.2) is 13.9 Å². The van der Waals surface area contributed by atoms with Crippen molar-refractivity contribution in [3.63, 3.8) is 0 Å². The summed E-state index contributed by atoms with van der Waals surface area (Å²) in [6, 6.07) is 5.66. The molecule has 19 heavy (non-hydrogen) atoms. The SMILES string of the molecule is CC(C)C.Cc1cccc(NS(=O)(=O)C(F)(F)F)c1. The van der Waals surface area contributed by atoms with Crippen molar-refractivity contribution >= 4 is 15.7 Å². The van der Waals surface area contributed by atoms with Gasteiger partial charge in [0.1, 0.15) is 0 Å². The molecule has 0 aliphatic rings. The van der Waals surface area contributed by atoms with E-state index in [4.69, 9.17) is 0 Å². The largest absolute Gasteiger partial charge is 0.516 e. The smallest absolute Gasteiger partial charge is 0.276 e. The lowest BCUT2D eigenvalue weighted by Gasteiger charge is -2.10. The number of alkyl halides is 3. The number of hydrogen-bond acceptors (Lipinski definition) is 2. The number of rotatable bonds is 2. The molecule has 0 unspecified atom stereocenters. The zero-order valence-corrected chi connectivity index (χ0v) is 12.1. The van der Waals surface area contributed by atoms with Gasteiger partial charge in [-0.25, -0.2) is 0 Å². The Labute approximate surface area is 111 Å². The van der Waals surface area contributed by atoms with E-state index >= 15 is 0 Å². The second-order valence-electron chi connectivity index (χ2n) is 4.65. The Bertz CT molecular complexity index is 493. The zero-order chi connectivity index (χ0) is 15.3. The van der Waals surface area contributed by atoms with Crippen LogP contribution < -0.4 is 4.72 Å². The summed E-state index contributed by atoms with van der Waals surface area (Å²) in [4.78, 5) is 0. The predicted octanol–water partition coefficient (Wildman–Crippen LogP) is 3.92. The molecule has 0 aliphatic heterocycles. The van der Waals surface area contributed by atoms with Crippen molar-refractivity contribution in [1.29, 1.82) is 0 Å². The van der Waals surface area contributed by atoms with Crippen LogP contribution in [0.3, 0.4) is 0 Å². The number of sulfonamides is 1. The Balaban J connectivity index is 0.000000711. The van der Waals surface area contributed by atoms with E-state index in [0.717, 1.165) is 5.92 Å². The summed E-state index contributed by atoms with van der Waals surface area (Å²) in [5, 5.41) is 0. The highest BCUT2D eigenvalue weighted by Gasteiger charge is 2.45. The van der Waals surface area contributed by atoms with Gasteiger partial charge in [0, 0.05) is 5.69 Å². The minimum atomic E-state index is -5.32. The van der Waals surface area contributed by atoms with Crippen molar-refractivity contribution in [2.24, 2.45) is 5.92 Å². The van der Waals surface area contributed by atoms with E-state index in [1.807, 2.05) is 0 Å². The van der Waals surface area contributed by atoms with Crippen LogP contribution in [0.5, 0.6) is 0 Å². The lowest BCUT2D eigenvalue weighted by Crippen LogP contribution is -2.29. The monoisotopic (exact) mass is 297 g/mol. The third-order valence-electron chi connectivity index (χ3n) is 1.57. The van der Waals surface area contributed by atoms with E-state index < -0.39 is 15.5 Å². The van der Waals surface area contributed by atoms with E-state index in [1.165, 1.54) is 22.9 Å². The van der Waals surface area contributed by atoms with Crippen molar-refractivity contribution in [2.75, 3.05) is 4.72 Å². The number of anilines is 1. The van der Waals surface area contributed by atoms with Gasteiger partial charge in [0.25, 0.3) is 0 Å². The fourth-order valence-electron chi connectivity index (χ4n) is 0.922. The predicted molar refractivity (Wildman–Crippen MR) is 70.3 cm³/mol. The normalized spacial score (nSPS) is 11.8. The van der Waals surface area contributed by atoms with Crippen LogP contribution in [-0.2, 0) is 10.0 Å². The van der Waals surface area contributed by atoms with Gasteiger partial charge in [-0.15, -0.1) is 0 Å². The summed E-state index contributed by atoms with van der Waals surface area (Å²) in [7, 11) is -5.32. The molecule has 0 atom stereocenters. The quantitative estimate of drug-likeness (QED) is 0.899. The van der Waals surface area contributed by atoms with Crippen LogP contribution in [0.4, 0.5) is 18.9 Å². The first-order chi connectivity index (χ1) is 8.45. The second kappa shape index (κ2) is 6.79. The van der Waals surface area contributed by atoms with E-state index in [2.05, 4.69) is 20.8 Å². The Morgan fingerprint density at radius 3 is 2.00 bits per heavy atom. The molecule has 0 aliphatic carbocycles. The third kappa shape index (κ3) is 7.05. The lowest BCUT2D eigenvalue weighted by molar-refractivity contribution is -0.0429. The molecule has 1 aromatic rings. The summed E-state index contributed by atoms with van der Waals surface area (Å²) in [6.07, 6.45) is 0. The maximum atomic E-state index is 12.0. The molecule has 3 nitrogen and oxygen atoms in total.